The van der Waals surface area contributed by atoms with E-state index in [0.717, 1.165) is 6.07 Å². The molecule has 0 atom stereocenters. The predicted molar refractivity (Wildman–Crippen MR) is 81.9 cm³/mol. The van der Waals surface area contributed by atoms with Gasteiger partial charge in [0.05, 0.1) is 25.3 Å². The molecule has 132 valence electrons. The Morgan fingerprint density at radius 3 is 2.52 bits per heavy atom. The second kappa shape index (κ2) is 11.1. The van der Waals surface area contributed by atoms with E-state index in [1.54, 1.807) is 7.11 Å². The zero-order valence-corrected chi connectivity index (χ0v) is 13.4. The standard InChI is InChI=1S/C14H19F3N2O3.ClH/c1-21-8-6-18-10-13(20)19-7-9-22-12-5-3-2-4-11(12)14(15,16)17;/h2-5,18H,6-10H2,1H3,(H,19,20);1H. The SMILES string of the molecule is COCCNCC(=O)NCCOc1ccccc1C(F)(F)F.Cl. The van der Waals surface area contributed by atoms with Crippen LogP contribution in [-0.2, 0) is 15.7 Å². The van der Waals surface area contributed by atoms with Gasteiger partial charge >= 0.3 is 6.18 Å². The largest absolute Gasteiger partial charge is 0.491 e. The molecule has 0 aliphatic rings. The molecule has 0 spiro atoms. The fourth-order valence-electron chi connectivity index (χ4n) is 1.62. The number of alkyl halides is 3. The number of benzene rings is 1. The second-order valence-electron chi connectivity index (χ2n) is 4.36. The fourth-order valence-corrected chi connectivity index (χ4v) is 1.62. The topological polar surface area (TPSA) is 59.6 Å². The zero-order chi connectivity index (χ0) is 16.4. The van der Waals surface area contributed by atoms with Gasteiger partial charge in [0.2, 0.25) is 5.91 Å². The summed E-state index contributed by atoms with van der Waals surface area (Å²) in [6.45, 7) is 1.22. The van der Waals surface area contributed by atoms with Crippen LogP contribution >= 0.6 is 12.4 Å². The summed E-state index contributed by atoms with van der Waals surface area (Å²) >= 11 is 0. The van der Waals surface area contributed by atoms with Crippen molar-refractivity contribution in [2.75, 3.05) is 40.0 Å². The number of carbonyl (C=O) groups excluding carboxylic acids is 1. The van der Waals surface area contributed by atoms with E-state index in [1.807, 2.05) is 0 Å². The first kappa shape index (κ1) is 21.5. The summed E-state index contributed by atoms with van der Waals surface area (Å²) in [6.07, 6.45) is -4.47. The molecule has 23 heavy (non-hydrogen) atoms. The molecular weight excluding hydrogens is 337 g/mol. The monoisotopic (exact) mass is 356 g/mol. The minimum Gasteiger partial charge on any atom is -0.491 e. The number of amides is 1. The normalized spacial score (nSPS) is 10.8. The highest BCUT2D eigenvalue weighted by atomic mass is 35.5. The molecule has 0 aliphatic carbocycles. The Labute approximate surface area is 138 Å². The molecule has 1 aromatic carbocycles. The highest BCUT2D eigenvalue weighted by Gasteiger charge is 2.33. The van der Waals surface area contributed by atoms with Crippen LogP contribution in [0.25, 0.3) is 0 Å². The minimum atomic E-state index is -4.47. The van der Waals surface area contributed by atoms with Crippen LogP contribution in [0.2, 0.25) is 0 Å². The molecule has 0 bridgehead atoms. The van der Waals surface area contributed by atoms with Gasteiger partial charge in [-0.25, -0.2) is 0 Å². The first-order chi connectivity index (χ1) is 10.4. The molecule has 0 fully saturated rings. The number of hydrogen-bond acceptors (Lipinski definition) is 4. The van der Waals surface area contributed by atoms with Crippen LogP contribution in [0.5, 0.6) is 5.75 Å². The molecular formula is C14H20ClF3N2O3. The summed E-state index contributed by atoms with van der Waals surface area (Å²) < 4.78 is 48.0. The number of carbonyl (C=O) groups is 1. The second-order valence-corrected chi connectivity index (χ2v) is 4.36. The van der Waals surface area contributed by atoms with Crippen LogP contribution in [0, 0.1) is 0 Å². The predicted octanol–water partition coefficient (Wildman–Crippen LogP) is 1.86. The van der Waals surface area contributed by atoms with Gasteiger partial charge in [0.1, 0.15) is 12.4 Å². The van der Waals surface area contributed by atoms with Crippen molar-refractivity contribution >= 4 is 18.3 Å². The molecule has 0 saturated heterocycles. The number of methoxy groups -OCH3 is 1. The van der Waals surface area contributed by atoms with Crippen LogP contribution in [0.3, 0.4) is 0 Å². The van der Waals surface area contributed by atoms with E-state index in [9.17, 15) is 18.0 Å². The van der Waals surface area contributed by atoms with Crippen LogP contribution in [-0.4, -0.2) is 45.9 Å². The Morgan fingerprint density at radius 2 is 1.87 bits per heavy atom. The lowest BCUT2D eigenvalue weighted by Gasteiger charge is -2.14. The van der Waals surface area contributed by atoms with Crippen molar-refractivity contribution in [3.8, 4) is 5.75 Å². The van der Waals surface area contributed by atoms with Gasteiger partial charge in [0.25, 0.3) is 0 Å². The van der Waals surface area contributed by atoms with Crippen LogP contribution in [0.1, 0.15) is 5.56 Å². The first-order valence-corrected chi connectivity index (χ1v) is 6.70. The van der Waals surface area contributed by atoms with E-state index in [4.69, 9.17) is 9.47 Å². The summed E-state index contributed by atoms with van der Waals surface area (Å²) in [6, 6.07) is 4.95. The fraction of sp³-hybridized carbons (Fsp3) is 0.500. The van der Waals surface area contributed by atoms with Crippen LogP contribution < -0.4 is 15.4 Å². The molecule has 5 nitrogen and oxygen atoms in total. The van der Waals surface area contributed by atoms with E-state index in [1.165, 1.54) is 18.2 Å². The van der Waals surface area contributed by atoms with E-state index in [2.05, 4.69) is 10.6 Å². The maximum Gasteiger partial charge on any atom is 0.419 e. The third-order valence-electron chi connectivity index (χ3n) is 2.64. The molecule has 0 heterocycles. The molecule has 0 aliphatic heterocycles. The summed E-state index contributed by atoms with van der Waals surface area (Å²) in [5, 5.41) is 5.39. The summed E-state index contributed by atoms with van der Waals surface area (Å²) in [4.78, 5) is 11.4. The molecule has 0 aromatic heterocycles. The van der Waals surface area contributed by atoms with Crippen molar-refractivity contribution in [3.05, 3.63) is 29.8 Å². The average Bonchev–Trinajstić information content (AvgIpc) is 2.47. The Kier molecular flexibility index (Phi) is 10.4. The average molecular weight is 357 g/mol. The van der Waals surface area contributed by atoms with Crippen molar-refractivity contribution in [1.82, 2.24) is 10.6 Å². The Balaban J connectivity index is 0.00000484. The molecule has 9 heteroatoms. The first-order valence-electron chi connectivity index (χ1n) is 6.70. The lowest BCUT2D eigenvalue weighted by atomic mass is 10.2. The van der Waals surface area contributed by atoms with E-state index < -0.39 is 11.7 Å². The van der Waals surface area contributed by atoms with Gasteiger partial charge in [-0.3, -0.25) is 4.79 Å². The number of halogens is 4. The maximum atomic E-state index is 12.7. The quantitative estimate of drug-likeness (QED) is 0.663. The Morgan fingerprint density at radius 1 is 1.17 bits per heavy atom. The summed E-state index contributed by atoms with van der Waals surface area (Å²) in [5.74, 6) is -0.508. The van der Waals surface area contributed by atoms with E-state index >= 15 is 0 Å². The van der Waals surface area contributed by atoms with E-state index in [0.29, 0.717) is 13.2 Å². The highest BCUT2D eigenvalue weighted by molar-refractivity contribution is 5.85. The number of nitrogens with one attached hydrogen (secondary N) is 2. The van der Waals surface area contributed by atoms with Crippen molar-refractivity contribution in [3.63, 3.8) is 0 Å². The molecule has 0 radical (unpaired) electrons. The maximum absolute atomic E-state index is 12.7. The van der Waals surface area contributed by atoms with Gasteiger partial charge < -0.3 is 20.1 Å². The van der Waals surface area contributed by atoms with Gasteiger partial charge in [0, 0.05) is 13.7 Å². The molecule has 2 N–H and O–H groups in total. The number of para-hydroxylation sites is 1. The number of rotatable bonds is 9. The van der Waals surface area contributed by atoms with Gasteiger partial charge in [-0.1, -0.05) is 12.1 Å². The number of ether oxygens (including phenoxy) is 2. The smallest absolute Gasteiger partial charge is 0.419 e. The van der Waals surface area contributed by atoms with Gasteiger partial charge in [-0.2, -0.15) is 13.2 Å². The lowest BCUT2D eigenvalue weighted by molar-refractivity contribution is -0.139. The molecule has 1 amide bonds. The van der Waals surface area contributed by atoms with Gasteiger partial charge in [-0.05, 0) is 12.1 Å². The van der Waals surface area contributed by atoms with E-state index in [-0.39, 0.29) is 43.8 Å². The minimum absolute atomic E-state index is 0. The van der Waals surface area contributed by atoms with Crippen LogP contribution in [0.15, 0.2) is 24.3 Å². The third kappa shape index (κ3) is 8.63. The van der Waals surface area contributed by atoms with Crippen molar-refractivity contribution in [1.29, 1.82) is 0 Å². The lowest BCUT2D eigenvalue weighted by Crippen LogP contribution is -2.37. The Hall–Kier alpha value is -1.51. The Bertz CT molecular complexity index is 473. The summed E-state index contributed by atoms with van der Waals surface area (Å²) in [7, 11) is 1.55. The number of hydrogen-bond donors (Lipinski definition) is 2. The molecule has 0 saturated carbocycles. The van der Waals surface area contributed by atoms with Crippen molar-refractivity contribution < 1.29 is 27.4 Å². The van der Waals surface area contributed by atoms with Crippen molar-refractivity contribution in [2.45, 2.75) is 6.18 Å². The van der Waals surface area contributed by atoms with Gasteiger partial charge in [0.15, 0.2) is 0 Å². The van der Waals surface area contributed by atoms with Crippen LogP contribution in [0.4, 0.5) is 13.2 Å². The van der Waals surface area contributed by atoms with Gasteiger partial charge in [-0.15, -0.1) is 12.4 Å². The highest BCUT2D eigenvalue weighted by Crippen LogP contribution is 2.35. The molecule has 0 unspecified atom stereocenters. The zero-order valence-electron chi connectivity index (χ0n) is 12.6. The third-order valence-corrected chi connectivity index (χ3v) is 2.64. The van der Waals surface area contributed by atoms with Crippen molar-refractivity contribution in [2.24, 2.45) is 0 Å². The molecule has 1 aromatic rings. The summed E-state index contributed by atoms with van der Waals surface area (Å²) in [5.41, 5.74) is -0.831. The molecule has 1 rings (SSSR count).